The van der Waals surface area contributed by atoms with Gasteiger partial charge in [-0.1, -0.05) is 62.4 Å². The first kappa shape index (κ1) is 24.0. The van der Waals surface area contributed by atoms with E-state index in [-0.39, 0.29) is 23.0 Å². The fourth-order valence-corrected chi connectivity index (χ4v) is 5.63. The summed E-state index contributed by atoms with van der Waals surface area (Å²) >= 11 is 1.50. The van der Waals surface area contributed by atoms with Gasteiger partial charge in [0.2, 0.25) is 5.91 Å². The lowest BCUT2D eigenvalue weighted by Crippen LogP contribution is -2.31. The second-order valence-corrected chi connectivity index (χ2v) is 11.7. The molecule has 0 unspecified atom stereocenters. The molecule has 0 saturated carbocycles. The average Bonchev–Trinajstić information content (AvgIpc) is 3.27. The van der Waals surface area contributed by atoms with Gasteiger partial charge in [-0.2, -0.15) is 0 Å². The van der Waals surface area contributed by atoms with Gasteiger partial charge >= 0.3 is 0 Å². The molecular formula is C26H27N3O3S2. The summed E-state index contributed by atoms with van der Waals surface area (Å²) in [5, 5.41) is 0.641. The number of pyridine rings is 1. The quantitative estimate of drug-likeness (QED) is 0.329. The van der Waals surface area contributed by atoms with Crippen LogP contribution in [0, 0.1) is 0 Å². The maximum absolute atomic E-state index is 13.5. The lowest BCUT2D eigenvalue weighted by Gasteiger charge is -2.20. The highest BCUT2D eigenvalue weighted by Gasteiger charge is 2.22. The number of fused-ring (bicyclic) bond motifs is 1. The van der Waals surface area contributed by atoms with Gasteiger partial charge in [0.1, 0.15) is 0 Å². The zero-order valence-corrected chi connectivity index (χ0v) is 21.1. The highest BCUT2D eigenvalue weighted by Crippen LogP contribution is 2.34. The van der Waals surface area contributed by atoms with Crippen LogP contribution in [0.4, 0.5) is 5.13 Å². The van der Waals surface area contributed by atoms with E-state index in [1.807, 2.05) is 24.3 Å². The number of hydrogen-bond donors (Lipinski definition) is 0. The fraction of sp³-hybridized carbons (Fsp3) is 0.269. The first-order valence-electron chi connectivity index (χ1n) is 11.2. The number of para-hydroxylation sites is 1. The van der Waals surface area contributed by atoms with Gasteiger partial charge in [0, 0.05) is 12.4 Å². The summed E-state index contributed by atoms with van der Waals surface area (Å²) in [6.45, 7) is 6.24. The molecule has 0 bridgehead atoms. The number of sulfone groups is 1. The Bertz CT molecular complexity index is 1400. The predicted octanol–water partition coefficient (Wildman–Crippen LogP) is 5.38. The van der Waals surface area contributed by atoms with Gasteiger partial charge in [0.05, 0.1) is 33.8 Å². The number of thiazole rings is 1. The maximum atomic E-state index is 13.5. The van der Waals surface area contributed by atoms with Crippen molar-refractivity contribution in [1.82, 2.24) is 9.97 Å². The van der Waals surface area contributed by atoms with Gasteiger partial charge in [-0.05, 0) is 46.9 Å². The number of anilines is 1. The molecule has 2 aromatic carbocycles. The zero-order chi connectivity index (χ0) is 24.3. The third-order valence-electron chi connectivity index (χ3n) is 5.67. The second kappa shape index (κ2) is 10.0. The van der Waals surface area contributed by atoms with E-state index in [0.717, 1.165) is 26.9 Å². The number of carbonyl (C=O) groups is 1. The van der Waals surface area contributed by atoms with Crippen molar-refractivity contribution in [2.24, 2.45) is 0 Å². The number of carbonyl (C=O) groups excluding carboxylic acids is 1. The smallest absolute Gasteiger partial charge is 0.233 e. The van der Waals surface area contributed by atoms with Crippen LogP contribution in [0.5, 0.6) is 0 Å². The monoisotopic (exact) mass is 493 g/mol. The van der Waals surface area contributed by atoms with Crippen LogP contribution < -0.4 is 4.90 Å². The van der Waals surface area contributed by atoms with E-state index >= 15 is 0 Å². The molecule has 1 amide bonds. The normalized spacial score (nSPS) is 11.8. The van der Waals surface area contributed by atoms with Gasteiger partial charge in [-0.25, -0.2) is 13.4 Å². The Morgan fingerprint density at radius 1 is 1.03 bits per heavy atom. The lowest BCUT2D eigenvalue weighted by atomic mass is 10.0. The van der Waals surface area contributed by atoms with E-state index in [9.17, 15) is 13.2 Å². The molecular weight excluding hydrogens is 466 g/mol. The summed E-state index contributed by atoms with van der Waals surface area (Å²) in [7, 11) is -3.28. The van der Waals surface area contributed by atoms with Gasteiger partial charge in [0.25, 0.3) is 0 Å². The second-order valence-electron chi connectivity index (χ2n) is 8.41. The molecule has 2 aromatic heterocycles. The standard InChI is InChI=1S/C26H27N3O3S2/c1-4-34(31,32)21-12-10-19(11-13-21)15-24(30)29(17-20-7-6-14-27-16-20)26-28-25-22(18(2)3)8-5-9-23(25)33-26/h5-14,16,18H,4,15,17H2,1-3H3. The number of hydrogen-bond acceptors (Lipinski definition) is 6. The van der Waals surface area contributed by atoms with Gasteiger partial charge in [-0.3, -0.25) is 14.7 Å². The van der Waals surface area contributed by atoms with Crippen LogP contribution in [0.15, 0.2) is 71.9 Å². The summed E-state index contributed by atoms with van der Waals surface area (Å²) < 4.78 is 25.2. The third kappa shape index (κ3) is 5.18. The topological polar surface area (TPSA) is 80.2 Å². The molecule has 0 radical (unpaired) electrons. The molecule has 4 aromatic rings. The minimum Gasteiger partial charge on any atom is -0.283 e. The molecule has 6 nitrogen and oxygen atoms in total. The molecule has 2 heterocycles. The van der Waals surface area contributed by atoms with Crippen molar-refractivity contribution in [2.45, 2.75) is 44.6 Å². The molecule has 0 fully saturated rings. The van der Waals surface area contributed by atoms with Crippen molar-refractivity contribution in [3.8, 4) is 0 Å². The SMILES string of the molecule is CCS(=O)(=O)c1ccc(CC(=O)N(Cc2cccnc2)c2nc3c(C(C)C)cccc3s2)cc1. The Morgan fingerprint density at radius 3 is 2.44 bits per heavy atom. The van der Waals surface area contributed by atoms with Crippen LogP contribution in [0.25, 0.3) is 10.2 Å². The van der Waals surface area contributed by atoms with E-state index < -0.39 is 9.84 Å². The molecule has 8 heteroatoms. The number of aromatic nitrogens is 2. The zero-order valence-electron chi connectivity index (χ0n) is 19.4. The van der Waals surface area contributed by atoms with Crippen LogP contribution in [-0.2, 0) is 27.6 Å². The van der Waals surface area contributed by atoms with Gasteiger partial charge in [0.15, 0.2) is 15.0 Å². The van der Waals surface area contributed by atoms with E-state index in [2.05, 4.69) is 24.9 Å². The largest absolute Gasteiger partial charge is 0.283 e. The van der Waals surface area contributed by atoms with Crippen LogP contribution in [-0.4, -0.2) is 30.0 Å². The molecule has 0 aliphatic carbocycles. The molecule has 0 atom stereocenters. The van der Waals surface area contributed by atoms with Crippen LogP contribution in [0.3, 0.4) is 0 Å². The number of nitrogens with zero attached hydrogens (tertiary/aromatic N) is 3. The summed E-state index contributed by atoms with van der Waals surface area (Å²) in [5.41, 5.74) is 3.74. The summed E-state index contributed by atoms with van der Waals surface area (Å²) in [6, 6.07) is 16.5. The van der Waals surface area contributed by atoms with Crippen molar-refractivity contribution in [1.29, 1.82) is 0 Å². The van der Waals surface area contributed by atoms with E-state index in [4.69, 9.17) is 4.98 Å². The summed E-state index contributed by atoms with van der Waals surface area (Å²) in [6.07, 6.45) is 3.59. The van der Waals surface area contributed by atoms with E-state index in [1.165, 1.54) is 11.3 Å². The molecule has 4 rings (SSSR count). The lowest BCUT2D eigenvalue weighted by molar-refractivity contribution is -0.118. The maximum Gasteiger partial charge on any atom is 0.233 e. The number of amides is 1. The first-order chi connectivity index (χ1) is 16.3. The van der Waals surface area contributed by atoms with Crippen molar-refractivity contribution < 1.29 is 13.2 Å². The first-order valence-corrected chi connectivity index (χ1v) is 13.7. The Balaban J connectivity index is 1.67. The molecule has 34 heavy (non-hydrogen) atoms. The van der Waals surface area contributed by atoms with Crippen LogP contribution in [0.1, 0.15) is 43.4 Å². The van der Waals surface area contributed by atoms with Crippen molar-refractivity contribution in [2.75, 3.05) is 10.7 Å². The highest BCUT2D eigenvalue weighted by atomic mass is 32.2. The predicted molar refractivity (Wildman–Crippen MR) is 137 cm³/mol. The number of benzene rings is 2. The Morgan fingerprint density at radius 2 is 1.79 bits per heavy atom. The molecule has 0 saturated heterocycles. The third-order valence-corrected chi connectivity index (χ3v) is 8.47. The highest BCUT2D eigenvalue weighted by molar-refractivity contribution is 7.91. The van der Waals surface area contributed by atoms with Crippen molar-refractivity contribution in [3.63, 3.8) is 0 Å². The van der Waals surface area contributed by atoms with Crippen molar-refractivity contribution in [3.05, 3.63) is 83.7 Å². The van der Waals surface area contributed by atoms with Crippen LogP contribution >= 0.6 is 11.3 Å². The minimum absolute atomic E-state index is 0.0418. The van der Waals surface area contributed by atoms with Crippen molar-refractivity contribution >= 4 is 42.4 Å². The number of rotatable bonds is 8. The van der Waals surface area contributed by atoms with E-state index in [0.29, 0.717) is 17.6 Å². The fourth-order valence-electron chi connectivity index (χ4n) is 3.73. The molecule has 0 N–H and O–H groups in total. The molecule has 0 aliphatic rings. The molecule has 0 spiro atoms. The Kier molecular flexibility index (Phi) is 7.09. The minimum atomic E-state index is -3.28. The Labute approximate surface area is 204 Å². The van der Waals surface area contributed by atoms with Crippen LogP contribution in [0.2, 0.25) is 0 Å². The van der Waals surface area contributed by atoms with E-state index in [1.54, 1.807) is 48.5 Å². The molecule has 0 aliphatic heterocycles. The average molecular weight is 494 g/mol. The van der Waals surface area contributed by atoms with Gasteiger partial charge < -0.3 is 0 Å². The Hall–Kier alpha value is -3.10. The molecule has 176 valence electrons. The summed E-state index contributed by atoms with van der Waals surface area (Å²) in [4.78, 5) is 24.5. The van der Waals surface area contributed by atoms with Gasteiger partial charge in [-0.15, -0.1) is 0 Å². The summed E-state index contributed by atoms with van der Waals surface area (Å²) in [5.74, 6) is 0.249.